The summed E-state index contributed by atoms with van der Waals surface area (Å²) in [4.78, 5) is 27.2. The van der Waals surface area contributed by atoms with Gasteiger partial charge in [0.1, 0.15) is 11.5 Å². The van der Waals surface area contributed by atoms with Crippen LogP contribution in [0, 0.1) is 29.1 Å². The van der Waals surface area contributed by atoms with Crippen molar-refractivity contribution in [1.82, 2.24) is 5.32 Å². The van der Waals surface area contributed by atoms with Crippen LogP contribution >= 0.6 is 0 Å². The molecule has 0 aromatic rings. The Labute approximate surface area is 168 Å². The lowest BCUT2D eigenvalue weighted by Crippen LogP contribution is -2.51. The van der Waals surface area contributed by atoms with Gasteiger partial charge in [-0.2, -0.15) is 0 Å². The van der Waals surface area contributed by atoms with Gasteiger partial charge in [-0.1, -0.05) is 44.1 Å². The summed E-state index contributed by atoms with van der Waals surface area (Å²) in [7, 11) is 0. The Morgan fingerprint density at radius 2 is 2.00 bits per heavy atom. The van der Waals surface area contributed by atoms with E-state index in [1.165, 1.54) is 11.1 Å². The van der Waals surface area contributed by atoms with Crippen molar-refractivity contribution in [2.75, 3.05) is 0 Å². The molecule has 4 rings (SSSR count). The number of hydrogen-bond donors (Lipinski definition) is 1. The number of carbonyl (C=O) groups excluding carboxylic acids is 2. The van der Waals surface area contributed by atoms with Gasteiger partial charge in [0.15, 0.2) is 5.78 Å². The van der Waals surface area contributed by atoms with Gasteiger partial charge in [0.25, 0.3) is 0 Å². The summed E-state index contributed by atoms with van der Waals surface area (Å²) in [6, 6.07) is 0.0368. The maximum Gasteiger partial charge on any atom is 0.235 e. The normalized spacial score (nSPS) is 45.6. The second-order valence-electron chi connectivity index (χ2n) is 9.74. The van der Waals surface area contributed by atoms with E-state index in [-0.39, 0.29) is 47.7 Å². The predicted octanol–water partition coefficient (Wildman–Crippen LogP) is 3.98. The van der Waals surface area contributed by atoms with Gasteiger partial charge in [0.2, 0.25) is 5.91 Å². The van der Waals surface area contributed by atoms with Crippen LogP contribution in [0.2, 0.25) is 0 Å². The third-order valence-electron chi connectivity index (χ3n) is 7.36. The maximum atomic E-state index is 13.7. The molecule has 28 heavy (non-hydrogen) atoms. The molecule has 0 unspecified atom stereocenters. The number of allylic oxidation sites excluding steroid dienone is 5. The van der Waals surface area contributed by atoms with Crippen molar-refractivity contribution in [3.05, 3.63) is 35.5 Å². The number of ether oxygens (including phenoxy) is 1. The SMILES string of the molecule is CC1=C[C@@H]2/C=C(/C)CC[C@@H]3O[C@H]3/C=C\C(=O)[C@]23C(=O)N[C@@H](CC(C)C)[C@@H]3[C@H]1C. The fourth-order valence-electron chi connectivity index (χ4n) is 5.78. The summed E-state index contributed by atoms with van der Waals surface area (Å²) < 4.78 is 5.69. The van der Waals surface area contributed by atoms with Gasteiger partial charge in [-0.05, 0) is 57.1 Å². The number of epoxide rings is 1. The minimum atomic E-state index is -1.04. The van der Waals surface area contributed by atoms with Crippen molar-refractivity contribution in [1.29, 1.82) is 0 Å². The highest BCUT2D eigenvalue weighted by Crippen LogP contribution is 2.55. The van der Waals surface area contributed by atoms with Crippen molar-refractivity contribution < 1.29 is 14.3 Å². The monoisotopic (exact) mass is 383 g/mol. The summed E-state index contributed by atoms with van der Waals surface area (Å²) in [5.74, 6) is 0.314. The van der Waals surface area contributed by atoms with Crippen molar-refractivity contribution in [3.8, 4) is 0 Å². The van der Waals surface area contributed by atoms with Crippen molar-refractivity contribution >= 4 is 11.7 Å². The van der Waals surface area contributed by atoms with E-state index in [1.54, 1.807) is 6.08 Å². The molecule has 0 saturated carbocycles. The second-order valence-corrected chi connectivity index (χ2v) is 9.74. The maximum absolute atomic E-state index is 13.7. The summed E-state index contributed by atoms with van der Waals surface area (Å²) in [6.45, 7) is 10.8. The summed E-state index contributed by atoms with van der Waals surface area (Å²) in [5.41, 5.74) is 1.49. The summed E-state index contributed by atoms with van der Waals surface area (Å²) in [6.07, 6.45) is 11.0. The van der Waals surface area contributed by atoms with E-state index in [2.05, 4.69) is 52.1 Å². The van der Waals surface area contributed by atoms with Crippen molar-refractivity contribution in [2.24, 2.45) is 29.1 Å². The molecule has 4 heteroatoms. The molecule has 7 atom stereocenters. The molecule has 2 aliphatic carbocycles. The number of amides is 1. The van der Waals surface area contributed by atoms with Crippen molar-refractivity contribution in [3.63, 3.8) is 0 Å². The highest BCUT2D eigenvalue weighted by atomic mass is 16.6. The number of fused-ring (bicyclic) bond motifs is 1. The Hall–Kier alpha value is -1.68. The third-order valence-corrected chi connectivity index (χ3v) is 7.36. The van der Waals surface area contributed by atoms with E-state index in [4.69, 9.17) is 4.74 Å². The molecule has 1 amide bonds. The average molecular weight is 384 g/mol. The van der Waals surface area contributed by atoms with Gasteiger partial charge in [-0.15, -0.1) is 0 Å². The van der Waals surface area contributed by atoms with Gasteiger partial charge >= 0.3 is 0 Å². The van der Waals surface area contributed by atoms with E-state index in [0.717, 1.165) is 19.3 Å². The van der Waals surface area contributed by atoms with Gasteiger partial charge in [-0.25, -0.2) is 0 Å². The first-order valence-electron chi connectivity index (χ1n) is 10.8. The number of rotatable bonds is 2. The van der Waals surface area contributed by atoms with E-state index in [0.29, 0.717) is 5.92 Å². The molecular formula is C24H33NO3. The molecule has 4 aliphatic rings. The van der Waals surface area contributed by atoms with Crippen molar-refractivity contribution in [2.45, 2.75) is 72.1 Å². The summed E-state index contributed by atoms with van der Waals surface area (Å²) in [5, 5.41) is 3.25. The van der Waals surface area contributed by atoms with Crippen LogP contribution in [0.25, 0.3) is 0 Å². The molecule has 2 fully saturated rings. The first kappa shape index (κ1) is 19.6. The van der Waals surface area contributed by atoms with Crippen LogP contribution in [-0.2, 0) is 14.3 Å². The van der Waals surface area contributed by atoms with E-state index < -0.39 is 5.41 Å². The molecule has 152 valence electrons. The first-order valence-corrected chi connectivity index (χ1v) is 10.8. The molecule has 2 heterocycles. The zero-order valence-corrected chi connectivity index (χ0v) is 17.7. The first-order chi connectivity index (χ1) is 13.2. The molecule has 2 aliphatic heterocycles. The number of ketones is 1. The van der Waals surface area contributed by atoms with Crippen LogP contribution in [-0.4, -0.2) is 29.9 Å². The standard InChI is InChI=1S/C24H33NO3/c1-13(2)10-18-22-16(5)15(4)12-17-11-14(3)6-7-19-20(28-19)8-9-21(26)24(17,22)23(27)25-18/h8-9,11-13,16-20,22H,6-7,10H2,1-5H3,(H,25,27)/b9-8-,14-11-/t16-,17-,18-,19-,20-,22-,24+/m0/s1. The van der Waals surface area contributed by atoms with Crippen LogP contribution < -0.4 is 5.32 Å². The Bertz CT molecular complexity index is 777. The predicted molar refractivity (Wildman–Crippen MR) is 110 cm³/mol. The average Bonchev–Trinajstić information content (AvgIpc) is 3.30. The highest BCUT2D eigenvalue weighted by molar-refractivity contribution is 6.13. The lowest BCUT2D eigenvalue weighted by atomic mass is 9.55. The van der Waals surface area contributed by atoms with Crippen LogP contribution in [0.5, 0.6) is 0 Å². The minimum Gasteiger partial charge on any atom is -0.365 e. The second kappa shape index (κ2) is 6.98. The van der Waals surface area contributed by atoms with Crippen LogP contribution in [0.4, 0.5) is 0 Å². The Morgan fingerprint density at radius 1 is 1.25 bits per heavy atom. The topological polar surface area (TPSA) is 58.7 Å². The molecular weight excluding hydrogens is 350 g/mol. The molecule has 1 N–H and O–H groups in total. The molecule has 1 spiro atoms. The fraction of sp³-hybridized carbons (Fsp3) is 0.667. The fourth-order valence-corrected chi connectivity index (χ4v) is 5.78. The number of nitrogens with one attached hydrogen (secondary N) is 1. The Morgan fingerprint density at radius 3 is 2.71 bits per heavy atom. The van der Waals surface area contributed by atoms with E-state index >= 15 is 0 Å². The molecule has 0 aromatic heterocycles. The van der Waals surface area contributed by atoms with Crippen LogP contribution in [0.3, 0.4) is 0 Å². The third kappa shape index (κ3) is 3.01. The van der Waals surface area contributed by atoms with E-state index in [1.807, 2.05) is 6.08 Å². The zero-order chi connectivity index (χ0) is 20.2. The lowest BCUT2D eigenvalue weighted by Gasteiger charge is -2.44. The Balaban J connectivity index is 1.87. The molecule has 0 aromatic carbocycles. The van der Waals surface area contributed by atoms with Crippen LogP contribution in [0.1, 0.15) is 53.9 Å². The Kier molecular flexibility index (Phi) is 4.89. The zero-order valence-electron chi connectivity index (χ0n) is 17.7. The van der Waals surface area contributed by atoms with Gasteiger partial charge in [0.05, 0.1) is 6.10 Å². The van der Waals surface area contributed by atoms with Gasteiger partial charge in [0, 0.05) is 17.9 Å². The molecule has 2 saturated heterocycles. The summed E-state index contributed by atoms with van der Waals surface area (Å²) >= 11 is 0. The highest BCUT2D eigenvalue weighted by Gasteiger charge is 2.64. The van der Waals surface area contributed by atoms with Gasteiger partial charge in [-0.3, -0.25) is 9.59 Å². The van der Waals surface area contributed by atoms with Gasteiger partial charge < -0.3 is 10.1 Å². The largest absolute Gasteiger partial charge is 0.365 e. The number of carbonyl (C=O) groups is 2. The van der Waals surface area contributed by atoms with E-state index in [9.17, 15) is 9.59 Å². The molecule has 0 radical (unpaired) electrons. The lowest BCUT2D eigenvalue weighted by molar-refractivity contribution is -0.142. The number of hydrogen-bond acceptors (Lipinski definition) is 3. The smallest absolute Gasteiger partial charge is 0.235 e. The molecule has 4 nitrogen and oxygen atoms in total. The molecule has 0 bridgehead atoms. The van der Waals surface area contributed by atoms with Crippen LogP contribution in [0.15, 0.2) is 35.5 Å². The minimum absolute atomic E-state index is 0.0183. The quantitative estimate of drug-likeness (QED) is 0.446.